The summed E-state index contributed by atoms with van der Waals surface area (Å²) in [6, 6.07) is 6.21. The van der Waals surface area contributed by atoms with Crippen molar-refractivity contribution in [3.8, 4) is 5.75 Å². The smallest absolute Gasteiger partial charge is 0.406 e. The molecule has 3 rings (SSSR count). The summed E-state index contributed by atoms with van der Waals surface area (Å²) < 4.78 is 41.6. The molecule has 0 radical (unpaired) electrons. The van der Waals surface area contributed by atoms with Gasteiger partial charge in [-0.2, -0.15) is 0 Å². The third-order valence-electron chi connectivity index (χ3n) is 6.16. The number of hydrogen-bond acceptors (Lipinski definition) is 3. The van der Waals surface area contributed by atoms with Gasteiger partial charge in [-0.15, -0.1) is 13.2 Å². The van der Waals surface area contributed by atoms with Crippen LogP contribution in [0.4, 0.5) is 13.2 Å². The summed E-state index contributed by atoms with van der Waals surface area (Å²) in [6.07, 6.45) is -2.11. The minimum absolute atomic E-state index is 0.0403. The Labute approximate surface area is 168 Å². The molecule has 1 aliphatic carbocycles. The summed E-state index contributed by atoms with van der Waals surface area (Å²) in [7, 11) is 0. The number of ether oxygens (including phenoxy) is 1. The predicted octanol–water partition coefficient (Wildman–Crippen LogP) is 3.63. The van der Waals surface area contributed by atoms with Crippen LogP contribution < -0.4 is 10.1 Å². The van der Waals surface area contributed by atoms with Gasteiger partial charge < -0.3 is 15.0 Å². The van der Waals surface area contributed by atoms with E-state index >= 15 is 0 Å². The van der Waals surface area contributed by atoms with Gasteiger partial charge in [-0.05, 0) is 42.9 Å². The molecule has 0 aromatic heterocycles. The number of fused-ring (bicyclic) bond motifs is 1. The Hall–Kier alpha value is -2.25. The number of hydrogen-bond donors (Lipinski definition) is 1. The van der Waals surface area contributed by atoms with Crippen LogP contribution in [0.5, 0.6) is 5.75 Å². The van der Waals surface area contributed by atoms with Crippen LogP contribution in [0.15, 0.2) is 24.3 Å². The maximum absolute atomic E-state index is 12.9. The maximum Gasteiger partial charge on any atom is 0.573 e. The number of carbonyl (C=O) groups is 2. The fourth-order valence-electron chi connectivity index (χ4n) is 4.35. The molecule has 1 saturated heterocycles. The molecule has 2 aliphatic rings. The Kier molecular flexibility index (Phi) is 6.10. The van der Waals surface area contributed by atoms with Crippen molar-refractivity contribution >= 4 is 11.8 Å². The van der Waals surface area contributed by atoms with Crippen LogP contribution in [0.1, 0.15) is 45.1 Å². The Morgan fingerprint density at radius 3 is 2.72 bits per heavy atom. The van der Waals surface area contributed by atoms with Crippen molar-refractivity contribution in [3.05, 3.63) is 29.8 Å². The molecule has 1 aromatic carbocycles. The molecule has 1 saturated carbocycles. The highest BCUT2D eigenvalue weighted by Gasteiger charge is 2.58. The van der Waals surface area contributed by atoms with Crippen LogP contribution >= 0.6 is 0 Å². The minimum Gasteiger partial charge on any atom is -0.406 e. The molecule has 160 valence electrons. The van der Waals surface area contributed by atoms with Gasteiger partial charge in [0.1, 0.15) is 5.75 Å². The second kappa shape index (κ2) is 8.24. The lowest BCUT2D eigenvalue weighted by atomic mass is 9.86. The number of nitrogens with one attached hydrogen (secondary N) is 1. The van der Waals surface area contributed by atoms with Crippen molar-refractivity contribution in [1.29, 1.82) is 0 Å². The number of piperidine rings is 1. The fraction of sp³-hybridized carbons (Fsp3) is 0.619. The van der Waals surface area contributed by atoms with Crippen molar-refractivity contribution in [2.75, 3.05) is 19.6 Å². The van der Waals surface area contributed by atoms with E-state index in [0.29, 0.717) is 32.5 Å². The van der Waals surface area contributed by atoms with Crippen LogP contribution in [-0.4, -0.2) is 42.7 Å². The van der Waals surface area contributed by atoms with E-state index in [1.54, 1.807) is 13.0 Å². The summed E-state index contributed by atoms with van der Waals surface area (Å²) in [6.45, 7) is 5.20. The number of nitrogens with zero attached hydrogens (tertiary/aromatic N) is 1. The quantitative estimate of drug-likeness (QED) is 0.744. The van der Waals surface area contributed by atoms with Gasteiger partial charge in [0.2, 0.25) is 11.8 Å². The van der Waals surface area contributed by atoms with Gasteiger partial charge in [-0.1, -0.05) is 26.0 Å². The molecule has 3 atom stereocenters. The second-order valence-electron chi connectivity index (χ2n) is 7.93. The Balaban J connectivity index is 1.62. The summed E-state index contributed by atoms with van der Waals surface area (Å²) in [5.74, 6) is -0.244. The SMILES string of the molecule is CCC(=O)NC[C@@H](CC)C(=O)N1CCC2(c3cccc(OC(F)(F)F)c3)CC2C1. The average molecular weight is 412 g/mol. The van der Waals surface area contributed by atoms with Gasteiger partial charge in [0.25, 0.3) is 0 Å². The van der Waals surface area contributed by atoms with Gasteiger partial charge in [0, 0.05) is 31.5 Å². The van der Waals surface area contributed by atoms with Gasteiger partial charge in [0.15, 0.2) is 0 Å². The summed E-state index contributed by atoms with van der Waals surface area (Å²) in [5, 5.41) is 2.79. The molecule has 1 aromatic rings. The molecule has 2 fully saturated rings. The number of rotatable bonds is 7. The predicted molar refractivity (Wildman–Crippen MR) is 101 cm³/mol. The van der Waals surface area contributed by atoms with Crippen molar-refractivity contribution < 1.29 is 27.5 Å². The second-order valence-corrected chi connectivity index (χ2v) is 7.93. The summed E-state index contributed by atoms with van der Waals surface area (Å²) in [5.41, 5.74) is 0.679. The van der Waals surface area contributed by atoms with Crippen LogP contribution in [0.2, 0.25) is 0 Å². The van der Waals surface area contributed by atoms with E-state index in [9.17, 15) is 22.8 Å². The molecule has 1 aliphatic heterocycles. The molecule has 2 unspecified atom stereocenters. The highest BCUT2D eigenvalue weighted by molar-refractivity contribution is 5.81. The Bertz CT molecular complexity index is 768. The van der Waals surface area contributed by atoms with E-state index in [1.165, 1.54) is 12.1 Å². The summed E-state index contributed by atoms with van der Waals surface area (Å²) in [4.78, 5) is 26.2. The zero-order chi connectivity index (χ0) is 21.2. The van der Waals surface area contributed by atoms with E-state index in [0.717, 1.165) is 18.4 Å². The molecule has 29 heavy (non-hydrogen) atoms. The van der Waals surface area contributed by atoms with Crippen LogP contribution in [0, 0.1) is 11.8 Å². The van der Waals surface area contributed by atoms with E-state index in [4.69, 9.17) is 0 Å². The Morgan fingerprint density at radius 1 is 1.34 bits per heavy atom. The molecular weight excluding hydrogens is 385 g/mol. The van der Waals surface area contributed by atoms with Gasteiger partial charge in [-0.25, -0.2) is 0 Å². The van der Waals surface area contributed by atoms with Crippen molar-refractivity contribution in [3.63, 3.8) is 0 Å². The molecule has 0 spiro atoms. The lowest BCUT2D eigenvalue weighted by Crippen LogP contribution is -2.46. The standard InChI is InChI=1S/C21H27F3N2O3/c1-3-14(12-25-18(27)4-2)19(28)26-9-8-20(11-16(20)13-26)15-6-5-7-17(10-15)29-21(22,23)24/h5-7,10,14,16H,3-4,8-9,11-13H2,1-2H3,(H,25,27)/t14-,16?,20?/m1/s1. The molecular formula is C21H27F3N2O3. The normalized spacial score (nSPS) is 24.4. The fourth-order valence-corrected chi connectivity index (χ4v) is 4.35. The maximum atomic E-state index is 12.9. The first-order chi connectivity index (χ1) is 13.7. The van der Waals surface area contributed by atoms with Gasteiger partial charge in [0.05, 0.1) is 5.92 Å². The lowest BCUT2D eigenvalue weighted by Gasteiger charge is -2.34. The topological polar surface area (TPSA) is 58.6 Å². The molecule has 1 heterocycles. The molecule has 8 heteroatoms. The first kappa shape index (κ1) is 21.5. The number of benzene rings is 1. The number of alkyl halides is 3. The van der Waals surface area contributed by atoms with E-state index < -0.39 is 6.36 Å². The van der Waals surface area contributed by atoms with Gasteiger partial charge >= 0.3 is 6.36 Å². The zero-order valence-electron chi connectivity index (χ0n) is 16.7. The zero-order valence-corrected chi connectivity index (χ0v) is 16.7. The number of likely N-dealkylation sites (tertiary alicyclic amines) is 1. The van der Waals surface area contributed by atoms with Gasteiger partial charge in [-0.3, -0.25) is 9.59 Å². The lowest BCUT2D eigenvalue weighted by molar-refractivity contribution is -0.274. The molecule has 1 N–H and O–H groups in total. The summed E-state index contributed by atoms with van der Waals surface area (Å²) >= 11 is 0. The van der Waals surface area contributed by atoms with E-state index in [-0.39, 0.29) is 34.8 Å². The minimum atomic E-state index is -4.71. The number of halogens is 3. The Morgan fingerprint density at radius 2 is 2.10 bits per heavy atom. The third kappa shape index (κ3) is 4.85. The van der Waals surface area contributed by atoms with Crippen molar-refractivity contribution in [1.82, 2.24) is 10.2 Å². The van der Waals surface area contributed by atoms with Crippen molar-refractivity contribution in [2.45, 2.75) is 51.3 Å². The number of amides is 2. The number of carbonyl (C=O) groups excluding carboxylic acids is 2. The van der Waals surface area contributed by atoms with Crippen LogP contribution in [0.25, 0.3) is 0 Å². The van der Waals surface area contributed by atoms with Crippen LogP contribution in [0.3, 0.4) is 0 Å². The first-order valence-corrected chi connectivity index (χ1v) is 10.1. The largest absolute Gasteiger partial charge is 0.573 e. The molecule has 2 amide bonds. The average Bonchev–Trinajstić information content (AvgIpc) is 3.42. The van der Waals surface area contributed by atoms with Crippen LogP contribution in [-0.2, 0) is 15.0 Å². The highest BCUT2D eigenvalue weighted by Crippen LogP contribution is 2.59. The van der Waals surface area contributed by atoms with E-state index in [1.807, 2.05) is 17.9 Å². The molecule has 5 nitrogen and oxygen atoms in total. The monoisotopic (exact) mass is 412 g/mol. The van der Waals surface area contributed by atoms with Crippen molar-refractivity contribution in [2.24, 2.45) is 11.8 Å². The molecule has 0 bridgehead atoms. The third-order valence-corrected chi connectivity index (χ3v) is 6.16. The van der Waals surface area contributed by atoms with E-state index in [2.05, 4.69) is 10.1 Å². The highest BCUT2D eigenvalue weighted by atomic mass is 19.4. The first-order valence-electron chi connectivity index (χ1n) is 10.1.